The van der Waals surface area contributed by atoms with Gasteiger partial charge in [0.2, 0.25) is 0 Å². The van der Waals surface area contributed by atoms with Crippen molar-refractivity contribution in [2.75, 3.05) is 5.32 Å². The lowest BCUT2D eigenvalue weighted by Crippen LogP contribution is -2.06. The van der Waals surface area contributed by atoms with Gasteiger partial charge in [0.15, 0.2) is 5.13 Å². The number of thiazole rings is 1. The minimum absolute atomic E-state index is 0.318. The predicted molar refractivity (Wildman–Crippen MR) is 77.2 cm³/mol. The van der Waals surface area contributed by atoms with Crippen molar-refractivity contribution >= 4 is 16.5 Å². The Labute approximate surface area is 112 Å². The molecule has 1 atom stereocenters. The van der Waals surface area contributed by atoms with Crippen LogP contribution in [0.4, 0.5) is 5.13 Å². The topological polar surface area (TPSA) is 24.9 Å². The molecular weight excluding hydrogens is 240 g/mol. The molecule has 1 aromatic carbocycles. The largest absolute Gasteiger partial charge is 0.355 e. The molecular formula is C15H18N2S. The Kier molecular flexibility index (Phi) is 3.33. The number of aromatic nitrogens is 1. The molecule has 2 nitrogen and oxygen atoms in total. The molecule has 1 heterocycles. The van der Waals surface area contributed by atoms with Gasteiger partial charge in [0.25, 0.3) is 0 Å². The van der Waals surface area contributed by atoms with Crippen LogP contribution in [-0.4, -0.2) is 4.98 Å². The van der Waals surface area contributed by atoms with Crippen molar-refractivity contribution in [1.82, 2.24) is 4.98 Å². The number of nitrogens with zero attached hydrogens (tertiary/aromatic N) is 1. The fourth-order valence-corrected chi connectivity index (χ4v) is 3.56. The summed E-state index contributed by atoms with van der Waals surface area (Å²) >= 11 is 1.84. The highest BCUT2D eigenvalue weighted by Crippen LogP contribution is 2.31. The van der Waals surface area contributed by atoms with Gasteiger partial charge < -0.3 is 5.32 Å². The van der Waals surface area contributed by atoms with Gasteiger partial charge >= 0.3 is 0 Å². The second kappa shape index (κ2) is 5.11. The molecule has 94 valence electrons. The van der Waals surface area contributed by atoms with E-state index in [1.165, 1.54) is 35.4 Å². The van der Waals surface area contributed by atoms with E-state index < -0.39 is 0 Å². The molecule has 3 heteroatoms. The molecule has 0 saturated carbocycles. The number of anilines is 1. The fourth-order valence-electron chi connectivity index (χ4n) is 2.42. The zero-order valence-corrected chi connectivity index (χ0v) is 11.5. The highest BCUT2D eigenvalue weighted by molar-refractivity contribution is 7.15. The summed E-state index contributed by atoms with van der Waals surface area (Å²) in [4.78, 5) is 6.21. The lowest BCUT2D eigenvalue weighted by Gasteiger charge is -2.12. The van der Waals surface area contributed by atoms with Gasteiger partial charge in [-0.05, 0) is 38.2 Å². The number of benzene rings is 1. The average molecular weight is 258 g/mol. The molecule has 0 saturated heterocycles. The Morgan fingerprint density at radius 1 is 1.17 bits per heavy atom. The van der Waals surface area contributed by atoms with Gasteiger partial charge in [-0.25, -0.2) is 4.98 Å². The van der Waals surface area contributed by atoms with Crippen molar-refractivity contribution in [2.45, 2.75) is 38.6 Å². The Morgan fingerprint density at radius 2 is 1.94 bits per heavy atom. The van der Waals surface area contributed by atoms with Crippen molar-refractivity contribution in [2.24, 2.45) is 0 Å². The molecule has 1 unspecified atom stereocenters. The number of nitrogens with one attached hydrogen (secondary N) is 1. The Hall–Kier alpha value is -1.35. The second-order valence-corrected chi connectivity index (χ2v) is 5.96. The number of hydrogen-bond donors (Lipinski definition) is 1. The molecule has 0 radical (unpaired) electrons. The lowest BCUT2D eigenvalue weighted by atomic mass is 10.0. The maximum atomic E-state index is 4.72. The summed E-state index contributed by atoms with van der Waals surface area (Å²) in [7, 11) is 0. The summed E-state index contributed by atoms with van der Waals surface area (Å²) in [5.74, 6) is 0. The van der Waals surface area contributed by atoms with E-state index in [9.17, 15) is 0 Å². The minimum Gasteiger partial charge on any atom is -0.355 e. The van der Waals surface area contributed by atoms with Crippen LogP contribution in [0.25, 0.3) is 0 Å². The van der Waals surface area contributed by atoms with E-state index in [0.717, 1.165) is 11.6 Å². The zero-order chi connectivity index (χ0) is 12.4. The monoisotopic (exact) mass is 258 g/mol. The highest BCUT2D eigenvalue weighted by atomic mass is 32.1. The van der Waals surface area contributed by atoms with Gasteiger partial charge in [0.05, 0.1) is 11.7 Å². The van der Waals surface area contributed by atoms with Gasteiger partial charge in [-0.15, -0.1) is 11.3 Å². The molecule has 1 aliphatic rings. The van der Waals surface area contributed by atoms with Gasteiger partial charge in [-0.1, -0.05) is 30.3 Å². The lowest BCUT2D eigenvalue weighted by molar-refractivity contribution is 0.682. The van der Waals surface area contributed by atoms with E-state index >= 15 is 0 Å². The van der Waals surface area contributed by atoms with Crippen LogP contribution in [0, 0.1) is 0 Å². The summed E-state index contributed by atoms with van der Waals surface area (Å²) in [6.07, 6.45) is 4.99. The second-order valence-electron chi connectivity index (χ2n) is 4.87. The number of fused-ring (bicyclic) bond motifs is 1. The average Bonchev–Trinajstić information content (AvgIpc) is 2.82. The first kappa shape index (κ1) is 11.7. The number of aryl methyl sites for hydroxylation is 2. The maximum Gasteiger partial charge on any atom is 0.183 e. The first-order chi connectivity index (χ1) is 8.83. The molecule has 0 amide bonds. The van der Waals surface area contributed by atoms with Crippen LogP contribution >= 0.6 is 11.3 Å². The molecule has 0 bridgehead atoms. The summed E-state index contributed by atoms with van der Waals surface area (Å²) in [6, 6.07) is 10.9. The molecule has 0 aliphatic heterocycles. The normalized spacial score (nSPS) is 16.1. The highest BCUT2D eigenvalue weighted by Gasteiger charge is 2.16. The SMILES string of the molecule is CC(Nc1nc2c(s1)CCCC2)c1ccccc1. The maximum absolute atomic E-state index is 4.72. The van der Waals surface area contributed by atoms with Gasteiger partial charge in [-0.3, -0.25) is 0 Å². The Bertz CT molecular complexity index is 495. The molecule has 1 N–H and O–H groups in total. The van der Waals surface area contributed by atoms with E-state index in [2.05, 4.69) is 42.6 Å². The summed E-state index contributed by atoms with van der Waals surface area (Å²) in [5.41, 5.74) is 2.64. The quantitative estimate of drug-likeness (QED) is 0.892. The van der Waals surface area contributed by atoms with Crippen LogP contribution in [0.2, 0.25) is 0 Å². The smallest absolute Gasteiger partial charge is 0.183 e. The Morgan fingerprint density at radius 3 is 2.72 bits per heavy atom. The van der Waals surface area contributed by atoms with E-state index in [-0.39, 0.29) is 0 Å². The van der Waals surface area contributed by atoms with Crippen molar-refractivity contribution in [3.63, 3.8) is 0 Å². The predicted octanol–water partition coefficient (Wildman–Crippen LogP) is 4.20. The third kappa shape index (κ3) is 2.41. The van der Waals surface area contributed by atoms with Gasteiger partial charge in [-0.2, -0.15) is 0 Å². The fraction of sp³-hybridized carbons (Fsp3) is 0.400. The molecule has 2 aromatic rings. The van der Waals surface area contributed by atoms with Crippen LogP contribution in [0.5, 0.6) is 0 Å². The van der Waals surface area contributed by atoms with Crippen molar-refractivity contribution in [3.05, 3.63) is 46.5 Å². The van der Waals surface area contributed by atoms with E-state index in [1.807, 2.05) is 11.3 Å². The van der Waals surface area contributed by atoms with Crippen molar-refractivity contribution in [1.29, 1.82) is 0 Å². The Balaban J connectivity index is 1.74. The molecule has 18 heavy (non-hydrogen) atoms. The first-order valence-electron chi connectivity index (χ1n) is 6.63. The zero-order valence-electron chi connectivity index (χ0n) is 10.6. The van der Waals surface area contributed by atoms with Crippen molar-refractivity contribution in [3.8, 4) is 0 Å². The molecule has 3 rings (SSSR count). The number of rotatable bonds is 3. The third-order valence-electron chi connectivity index (χ3n) is 3.49. The minimum atomic E-state index is 0.318. The first-order valence-corrected chi connectivity index (χ1v) is 7.44. The molecule has 1 aromatic heterocycles. The van der Waals surface area contributed by atoms with Crippen LogP contribution < -0.4 is 5.32 Å². The summed E-state index contributed by atoms with van der Waals surface area (Å²) in [6.45, 7) is 2.19. The summed E-state index contributed by atoms with van der Waals surface area (Å²) < 4.78 is 0. The van der Waals surface area contributed by atoms with Crippen LogP contribution in [0.3, 0.4) is 0 Å². The van der Waals surface area contributed by atoms with E-state index in [1.54, 1.807) is 0 Å². The van der Waals surface area contributed by atoms with E-state index in [4.69, 9.17) is 4.98 Å². The molecule has 0 spiro atoms. The molecule has 0 fully saturated rings. The van der Waals surface area contributed by atoms with Gasteiger partial charge in [0, 0.05) is 4.88 Å². The molecule has 1 aliphatic carbocycles. The van der Waals surface area contributed by atoms with Crippen molar-refractivity contribution < 1.29 is 0 Å². The number of hydrogen-bond acceptors (Lipinski definition) is 3. The van der Waals surface area contributed by atoms with Crippen LogP contribution in [-0.2, 0) is 12.8 Å². The van der Waals surface area contributed by atoms with Crippen LogP contribution in [0.1, 0.15) is 41.9 Å². The third-order valence-corrected chi connectivity index (χ3v) is 4.57. The summed E-state index contributed by atoms with van der Waals surface area (Å²) in [5, 5.41) is 4.60. The van der Waals surface area contributed by atoms with Gasteiger partial charge in [0.1, 0.15) is 0 Å². The van der Waals surface area contributed by atoms with E-state index in [0.29, 0.717) is 6.04 Å². The standard InChI is InChI=1S/C15H18N2S/c1-11(12-7-3-2-4-8-12)16-15-17-13-9-5-6-10-14(13)18-15/h2-4,7-8,11H,5-6,9-10H2,1H3,(H,16,17). The van der Waals surface area contributed by atoms with Crippen LogP contribution in [0.15, 0.2) is 30.3 Å².